The van der Waals surface area contributed by atoms with Gasteiger partial charge in [0.05, 0.1) is 11.7 Å². The molecule has 0 unspecified atom stereocenters. The Morgan fingerprint density at radius 1 is 1.11 bits per heavy atom. The number of pyridine rings is 1. The molecule has 1 aliphatic rings. The van der Waals surface area contributed by atoms with Crippen molar-refractivity contribution in [2.45, 2.75) is 51.2 Å². The number of hydrogen-bond donors (Lipinski definition) is 0. The normalized spacial score (nSPS) is 21.1. The highest BCUT2D eigenvalue weighted by atomic mass is 16.5. The fourth-order valence-electron chi connectivity index (χ4n) is 4.46. The number of ether oxygens (including phenoxy) is 1. The fraction of sp³-hybridized carbons (Fsp3) is 0.458. The summed E-state index contributed by atoms with van der Waals surface area (Å²) in [6.07, 6.45) is 9.17. The van der Waals surface area contributed by atoms with Crippen LogP contribution in [0.5, 0.6) is 5.75 Å². The summed E-state index contributed by atoms with van der Waals surface area (Å²) in [6, 6.07) is 15.1. The number of fused-ring (bicyclic) bond motifs is 1. The summed E-state index contributed by atoms with van der Waals surface area (Å²) in [5.41, 5.74) is 3.75. The van der Waals surface area contributed by atoms with Gasteiger partial charge in [0.15, 0.2) is 0 Å². The minimum Gasteiger partial charge on any atom is -0.489 e. The van der Waals surface area contributed by atoms with Gasteiger partial charge in [-0.3, -0.25) is 0 Å². The van der Waals surface area contributed by atoms with Gasteiger partial charge in [0.25, 0.3) is 0 Å². The highest BCUT2D eigenvalue weighted by Crippen LogP contribution is 2.39. The van der Waals surface area contributed by atoms with Crippen LogP contribution in [0.25, 0.3) is 5.52 Å². The summed E-state index contributed by atoms with van der Waals surface area (Å²) in [5.74, 6) is 2.32. The highest BCUT2D eigenvalue weighted by Gasteiger charge is 2.28. The molecule has 1 saturated carbocycles. The van der Waals surface area contributed by atoms with Gasteiger partial charge in [-0.15, -0.1) is 0 Å². The third-order valence-electron chi connectivity index (χ3n) is 6.48. The third kappa shape index (κ3) is 4.07. The second-order valence-electron chi connectivity index (χ2n) is 8.38. The predicted molar refractivity (Wildman–Crippen MR) is 114 cm³/mol. The zero-order chi connectivity index (χ0) is 19.5. The molecule has 4 heteroatoms. The first-order valence-corrected chi connectivity index (χ1v) is 10.4. The zero-order valence-electron chi connectivity index (χ0n) is 17.2. The molecule has 0 spiro atoms. The van der Waals surface area contributed by atoms with Gasteiger partial charge >= 0.3 is 0 Å². The molecule has 1 atom stereocenters. The van der Waals surface area contributed by atoms with Gasteiger partial charge in [-0.25, -0.2) is 4.52 Å². The molecular formula is C24H31N3O. The van der Waals surface area contributed by atoms with Crippen molar-refractivity contribution in [1.82, 2.24) is 14.5 Å². The highest BCUT2D eigenvalue weighted by molar-refractivity contribution is 5.58. The van der Waals surface area contributed by atoms with E-state index in [1.54, 1.807) is 0 Å². The molecule has 28 heavy (non-hydrogen) atoms. The van der Waals surface area contributed by atoms with E-state index in [-0.39, 0.29) is 0 Å². The second kappa shape index (κ2) is 8.36. The molecule has 4 rings (SSSR count). The van der Waals surface area contributed by atoms with Crippen molar-refractivity contribution in [3.63, 3.8) is 0 Å². The van der Waals surface area contributed by atoms with Crippen LogP contribution in [0.4, 0.5) is 0 Å². The summed E-state index contributed by atoms with van der Waals surface area (Å²) < 4.78 is 8.03. The minimum atomic E-state index is 0.591. The molecule has 0 saturated heterocycles. The van der Waals surface area contributed by atoms with Crippen LogP contribution in [0.2, 0.25) is 0 Å². The van der Waals surface area contributed by atoms with E-state index < -0.39 is 0 Å². The standard InChI is InChI=1S/C24H31N3O/c1-18(26(2)3)20-9-11-21(12-10-20)23-16-25-27-14-13-22(15-24(23)27)28-17-19-7-5-4-6-8-19/h4-8,13-16,18,20-21H,9-12,17H2,1-3H3/t18-,20-,21-/m0/s1. The number of aromatic nitrogens is 2. The van der Waals surface area contributed by atoms with Gasteiger partial charge in [0, 0.05) is 23.9 Å². The topological polar surface area (TPSA) is 29.8 Å². The Morgan fingerprint density at radius 3 is 2.57 bits per heavy atom. The van der Waals surface area contributed by atoms with E-state index >= 15 is 0 Å². The number of rotatable bonds is 6. The largest absolute Gasteiger partial charge is 0.489 e. The smallest absolute Gasteiger partial charge is 0.123 e. The van der Waals surface area contributed by atoms with E-state index in [1.807, 2.05) is 35.0 Å². The van der Waals surface area contributed by atoms with Crippen molar-refractivity contribution in [3.05, 3.63) is 66.0 Å². The van der Waals surface area contributed by atoms with E-state index in [4.69, 9.17) is 4.74 Å². The lowest BCUT2D eigenvalue weighted by molar-refractivity contribution is 0.177. The van der Waals surface area contributed by atoms with Crippen molar-refractivity contribution in [2.75, 3.05) is 14.1 Å². The predicted octanol–water partition coefficient (Wildman–Crippen LogP) is 5.14. The first-order valence-electron chi connectivity index (χ1n) is 10.4. The van der Waals surface area contributed by atoms with E-state index in [0.29, 0.717) is 18.6 Å². The minimum absolute atomic E-state index is 0.591. The molecule has 148 valence electrons. The number of nitrogens with zero attached hydrogens (tertiary/aromatic N) is 3. The molecule has 2 heterocycles. The van der Waals surface area contributed by atoms with Gasteiger partial charge in [0.2, 0.25) is 0 Å². The zero-order valence-corrected chi connectivity index (χ0v) is 17.2. The van der Waals surface area contributed by atoms with Crippen molar-refractivity contribution in [3.8, 4) is 5.75 Å². The second-order valence-corrected chi connectivity index (χ2v) is 8.38. The summed E-state index contributed by atoms with van der Waals surface area (Å²) in [7, 11) is 4.39. The van der Waals surface area contributed by atoms with Crippen molar-refractivity contribution in [1.29, 1.82) is 0 Å². The Balaban J connectivity index is 1.46. The Kier molecular flexibility index (Phi) is 5.67. The van der Waals surface area contributed by atoms with Crippen LogP contribution >= 0.6 is 0 Å². The van der Waals surface area contributed by atoms with Crippen LogP contribution < -0.4 is 4.74 Å². The molecule has 3 aromatic rings. The monoisotopic (exact) mass is 377 g/mol. The lowest BCUT2D eigenvalue weighted by Gasteiger charge is -2.35. The average molecular weight is 378 g/mol. The molecule has 0 bridgehead atoms. The van der Waals surface area contributed by atoms with E-state index in [2.05, 4.69) is 55.4 Å². The first kappa shape index (κ1) is 19.0. The number of hydrogen-bond acceptors (Lipinski definition) is 3. The van der Waals surface area contributed by atoms with Gasteiger partial charge in [-0.05, 0) is 70.2 Å². The van der Waals surface area contributed by atoms with E-state index in [1.165, 1.54) is 42.3 Å². The molecule has 1 aromatic carbocycles. The summed E-state index contributed by atoms with van der Waals surface area (Å²) >= 11 is 0. The molecule has 1 aliphatic carbocycles. The van der Waals surface area contributed by atoms with Crippen LogP contribution in [0.3, 0.4) is 0 Å². The Labute approximate surface area is 168 Å². The Bertz CT molecular complexity index is 895. The summed E-state index contributed by atoms with van der Waals surface area (Å²) in [6.45, 7) is 2.95. The van der Waals surface area contributed by atoms with Crippen LogP contribution in [0.15, 0.2) is 54.9 Å². The van der Waals surface area contributed by atoms with Crippen LogP contribution in [-0.2, 0) is 6.61 Å². The van der Waals surface area contributed by atoms with Crippen molar-refractivity contribution in [2.24, 2.45) is 5.92 Å². The molecule has 4 nitrogen and oxygen atoms in total. The van der Waals surface area contributed by atoms with Gasteiger partial charge in [0.1, 0.15) is 12.4 Å². The third-order valence-corrected chi connectivity index (χ3v) is 6.48. The van der Waals surface area contributed by atoms with Gasteiger partial charge in [-0.2, -0.15) is 5.10 Å². The Hall–Kier alpha value is -2.33. The lowest BCUT2D eigenvalue weighted by atomic mass is 9.76. The summed E-state index contributed by atoms with van der Waals surface area (Å²) in [4.78, 5) is 2.36. The maximum atomic E-state index is 6.04. The lowest BCUT2D eigenvalue weighted by Crippen LogP contribution is -2.34. The summed E-state index contributed by atoms with van der Waals surface area (Å²) in [5, 5.41) is 4.59. The molecule has 2 aromatic heterocycles. The molecule has 0 aliphatic heterocycles. The molecule has 1 fully saturated rings. The van der Waals surface area contributed by atoms with E-state index in [0.717, 1.165) is 11.7 Å². The molecule has 0 radical (unpaired) electrons. The van der Waals surface area contributed by atoms with Crippen LogP contribution in [0, 0.1) is 5.92 Å². The Morgan fingerprint density at radius 2 is 1.86 bits per heavy atom. The van der Waals surface area contributed by atoms with Gasteiger partial charge < -0.3 is 9.64 Å². The van der Waals surface area contributed by atoms with Crippen LogP contribution in [-0.4, -0.2) is 34.7 Å². The fourth-order valence-corrected chi connectivity index (χ4v) is 4.46. The van der Waals surface area contributed by atoms with Gasteiger partial charge in [-0.1, -0.05) is 30.3 Å². The quantitative estimate of drug-likeness (QED) is 0.596. The molecular weight excluding hydrogens is 346 g/mol. The van der Waals surface area contributed by atoms with Crippen molar-refractivity contribution < 1.29 is 4.74 Å². The first-order chi connectivity index (χ1) is 13.6. The SMILES string of the molecule is C[C@@H]([C@H]1CC[C@H](c2cnn3ccc(OCc4ccccc4)cc23)CC1)N(C)C. The maximum Gasteiger partial charge on any atom is 0.123 e. The van der Waals surface area contributed by atoms with E-state index in [9.17, 15) is 0 Å². The van der Waals surface area contributed by atoms with Crippen LogP contribution in [0.1, 0.15) is 49.7 Å². The molecule has 0 N–H and O–H groups in total. The van der Waals surface area contributed by atoms with Crippen molar-refractivity contribution >= 4 is 5.52 Å². The number of benzene rings is 1. The maximum absolute atomic E-state index is 6.04. The molecule has 0 amide bonds. The average Bonchev–Trinajstić information content (AvgIpc) is 3.16.